The Morgan fingerprint density at radius 1 is 1.33 bits per heavy atom. The number of nitrogens with zero attached hydrogens (tertiary/aromatic N) is 3. The summed E-state index contributed by atoms with van der Waals surface area (Å²) in [5.74, 6) is 0.846. The lowest BCUT2D eigenvalue weighted by Gasteiger charge is -2.16. The molecular formula is C17H24BrN5S. The van der Waals surface area contributed by atoms with E-state index in [1.165, 1.54) is 4.90 Å². The molecule has 0 aliphatic carbocycles. The average Bonchev–Trinajstić information content (AvgIpc) is 3.10. The van der Waals surface area contributed by atoms with Gasteiger partial charge >= 0.3 is 0 Å². The first-order valence-electron chi connectivity index (χ1n) is 8.01. The number of guanidine groups is 1. The predicted molar refractivity (Wildman–Crippen MR) is 106 cm³/mol. The minimum Gasteiger partial charge on any atom is -0.356 e. The molecule has 0 fully saturated rings. The molecule has 0 aliphatic rings. The summed E-state index contributed by atoms with van der Waals surface area (Å²) in [5.41, 5.74) is 0. The van der Waals surface area contributed by atoms with Gasteiger partial charge in [-0.3, -0.25) is 9.67 Å². The van der Waals surface area contributed by atoms with Crippen LogP contribution in [0.3, 0.4) is 0 Å². The molecule has 0 aliphatic heterocycles. The van der Waals surface area contributed by atoms with Gasteiger partial charge in [0, 0.05) is 53.7 Å². The van der Waals surface area contributed by atoms with E-state index in [0.717, 1.165) is 36.5 Å². The minimum absolute atomic E-state index is 0.453. The molecule has 2 N–H and O–H groups in total. The van der Waals surface area contributed by atoms with Gasteiger partial charge in [-0.2, -0.15) is 5.10 Å². The maximum atomic E-state index is 4.27. The van der Waals surface area contributed by atoms with Crippen molar-refractivity contribution >= 4 is 33.7 Å². The van der Waals surface area contributed by atoms with Crippen LogP contribution < -0.4 is 10.6 Å². The molecule has 0 amide bonds. The van der Waals surface area contributed by atoms with E-state index < -0.39 is 0 Å². The van der Waals surface area contributed by atoms with E-state index in [-0.39, 0.29) is 0 Å². The molecule has 1 atom stereocenters. The zero-order valence-electron chi connectivity index (χ0n) is 14.1. The summed E-state index contributed by atoms with van der Waals surface area (Å²) in [6.07, 6.45) is 4.79. The molecule has 2 aromatic rings. The smallest absolute Gasteiger partial charge is 0.191 e. The van der Waals surface area contributed by atoms with Gasteiger partial charge < -0.3 is 10.6 Å². The summed E-state index contributed by atoms with van der Waals surface area (Å²) >= 11 is 5.32. The third-order valence-corrected chi connectivity index (χ3v) is 4.99. The fourth-order valence-corrected chi connectivity index (χ4v) is 3.32. The second-order valence-corrected chi connectivity index (χ2v) is 7.81. The van der Waals surface area contributed by atoms with Crippen LogP contribution in [0.4, 0.5) is 0 Å². The maximum Gasteiger partial charge on any atom is 0.191 e. The molecular weight excluding hydrogens is 386 g/mol. The lowest BCUT2D eigenvalue weighted by Crippen LogP contribution is -2.40. The number of aliphatic imine (C=N–C) groups is 1. The monoisotopic (exact) mass is 409 g/mol. The Morgan fingerprint density at radius 3 is 2.79 bits per heavy atom. The van der Waals surface area contributed by atoms with Gasteiger partial charge in [-0.1, -0.05) is 22.9 Å². The quantitative estimate of drug-likeness (QED) is 0.303. The van der Waals surface area contributed by atoms with Gasteiger partial charge in [0.15, 0.2) is 5.96 Å². The Kier molecular flexibility index (Phi) is 8.18. The van der Waals surface area contributed by atoms with E-state index in [1.54, 1.807) is 13.2 Å². The number of benzene rings is 1. The summed E-state index contributed by atoms with van der Waals surface area (Å²) in [6.45, 7) is 4.85. The third kappa shape index (κ3) is 6.97. The summed E-state index contributed by atoms with van der Waals surface area (Å²) in [6, 6.07) is 10.4. The first-order valence-corrected chi connectivity index (χ1v) is 9.69. The van der Waals surface area contributed by atoms with Crippen molar-refractivity contribution in [2.24, 2.45) is 4.99 Å². The van der Waals surface area contributed by atoms with Crippen LogP contribution in [-0.2, 0) is 6.54 Å². The van der Waals surface area contributed by atoms with Crippen molar-refractivity contribution in [2.75, 3.05) is 20.1 Å². The number of hydrogen-bond donors (Lipinski definition) is 2. The van der Waals surface area contributed by atoms with Gasteiger partial charge in [-0.05, 0) is 36.8 Å². The second kappa shape index (κ2) is 10.4. The number of thioether (sulfide) groups is 1. The Balaban J connectivity index is 1.64. The number of aromatic nitrogens is 2. The van der Waals surface area contributed by atoms with Gasteiger partial charge in [-0.15, -0.1) is 11.8 Å². The molecule has 2 rings (SSSR count). The first kappa shape index (κ1) is 18.9. The van der Waals surface area contributed by atoms with Gasteiger partial charge in [0.1, 0.15) is 0 Å². The van der Waals surface area contributed by atoms with Crippen molar-refractivity contribution in [1.82, 2.24) is 20.4 Å². The first-order chi connectivity index (χ1) is 11.7. The van der Waals surface area contributed by atoms with E-state index in [1.807, 2.05) is 28.7 Å². The Bertz CT molecular complexity index is 612. The molecule has 1 aromatic heterocycles. The van der Waals surface area contributed by atoms with Crippen LogP contribution >= 0.6 is 27.7 Å². The van der Waals surface area contributed by atoms with Crippen LogP contribution in [-0.4, -0.2) is 41.1 Å². The zero-order chi connectivity index (χ0) is 17.2. The van der Waals surface area contributed by atoms with Crippen LogP contribution in [0, 0.1) is 0 Å². The molecule has 0 bridgehead atoms. The van der Waals surface area contributed by atoms with Crippen molar-refractivity contribution in [3.05, 3.63) is 47.2 Å². The van der Waals surface area contributed by atoms with Crippen LogP contribution in [0.2, 0.25) is 0 Å². The highest BCUT2D eigenvalue weighted by atomic mass is 79.9. The molecule has 130 valence electrons. The lowest BCUT2D eigenvalue weighted by atomic mass is 10.4. The Labute approximate surface area is 156 Å². The molecule has 7 heteroatoms. The Hall–Kier alpha value is -1.47. The fraction of sp³-hybridized carbons (Fsp3) is 0.412. The number of nitrogens with one attached hydrogen (secondary N) is 2. The Morgan fingerprint density at radius 2 is 2.12 bits per heavy atom. The van der Waals surface area contributed by atoms with Crippen molar-refractivity contribution in [2.45, 2.75) is 30.0 Å². The minimum atomic E-state index is 0.453. The highest BCUT2D eigenvalue weighted by molar-refractivity contribution is 9.10. The molecule has 1 heterocycles. The van der Waals surface area contributed by atoms with Gasteiger partial charge in [0.25, 0.3) is 0 Å². The topological polar surface area (TPSA) is 54.2 Å². The van der Waals surface area contributed by atoms with Gasteiger partial charge in [-0.25, -0.2) is 0 Å². The number of hydrogen-bond acceptors (Lipinski definition) is 3. The predicted octanol–water partition coefficient (Wildman–Crippen LogP) is 3.38. The number of halogens is 1. The molecule has 0 spiro atoms. The highest BCUT2D eigenvalue weighted by Gasteiger charge is 2.06. The average molecular weight is 410 g/mol. The molecule has 24 heavy (non-hydrogen) atoms. The summed E-state index contributed by atoms with van der Waals surface area (Å²) in [4.78, 5) is 5.54. The molecule has 0 saturated heterocycles. The number of rotatable bonds is 8. The maximum absolute atomic E-state index is 4.27. The summed E-state index contributed by atoms with van der Waals surface area (Å²) < 4.78 is 3.05. The summed E-state index contributed by atoms with van der Waals surface area (Å²) in [5, 5.41) is 11.4. The van der Waals surface area contributed by atoms with Gasteiger partial charge in [0.05, 0.1) is 0 Å². The molecule has 0 saturated carbocycles. The van der Waals surface area contributed by atoms with Gasteiger partial charge in [0.2, 0.25) is 0 Å². The second-order valence-electron chi connectivity index (χ2n) is 5.38. The van der Waals surface area contributed by atoms with E-state index in [0.29, 0.717) is 5.25 Å². The third-order valence-electron chi connectivity index (χ3n) is 3.35. The number of aryl methyl sites for hydroxylation is 1. The molecule has 5 nitrogen and oxygen atoms in total. The largest absolute Gasteiger partial charge is 0.356 e. The molecule has 1 unspecified atom stereocenters. The van der Waals surface area contributed by atoms with Crippen LogP contribution in [0.5, 0.6) is 0 Å². The fourth-order valence-electron chi connectivity index (χ4n) is 2.13. The van der Waals surface area contributed by atoms with Crippen LogP contribution in [0.15, 0.2) is 57.1 Å². The summed E-state index contributed by atoms with van der Waals surface area (Å²) in [7, 11) is 1.80. The highest BCUT2D eigenvalue weighted by Crippen LogP contribution is 2.24. The normalized spacial score (nSPS) is 12.9. The van der Waals surface area contributed by atoms with Crippen molar-refractivity contribution in [1.29, 1.82) is 0 Å². The van der Waals surface area contributed by atoms with Crippen molar-refractivity contribution in [3.63, 3.8) is 0 Å². The van der Waals surface area contributed by atoms with E-state index in [9.17, 15) is 0 Å². The van der Waals surface area contributed by atoms with E-state index in [2.05, 4.69) is 67.8 Å². The SMILES string of the molecule is CN=C(NCCCn1cccn1)NCC(C)Sc1ccc(Br)cc1. The van der Waals surface area contributed by atoms with E-state index in [4.69, 9.17) is 0 Å². The molecule has 0 radical (unpaired) electrons. The van der Waals surface area contributed by atoms with Crippen LogP contribution in [0.25, 0.3) is 0 Å². The van der Waals surface area contributed by atoms with Crippen LogP contribution in [0.1, 0.15) is 13.3 Å². The van der Waals surface area contributed by atoms with Crippen molar-refractivity contribution < 1.29 is 0 Å². The zero-order valence-corrected chi connectivity index (χ0v) is 16.5. The van der Waals surface area contributed by atoms with E-state index >= 15 is 0 Å². The lowest BCUT2D eigenvalue weighted by molar-refractivity contribution is 0.570. The van der Waals surface area contributed by atoms with Crippen molar-refractivity contribution in [3.8, 4) is 0 Å². The standard InChI is InChI=1S/C17H24BrN5S/c1-14(24-16-7-5-15(18)6-8-16)13-21-17(19-2)20-9-3-11-23-12-4-10-22-23/h4-8,10,12,14H,3,9,11,13H2,1-2H3,(H2,19,20,21). The molecule has 1 aromatic carbocycles.